The van der Waals surface area contributed by atoms with Crippen LogP contribution in [0.2, 0.25) is 0 Å². The third-order valence-corrected chi connectivity index (χ3v) is 14.3. The lowest BCUT2D eigenvalue weighted by Gasteiger charge is -2.71. The van der Waals surface area contributed by atoms with Crippen LogP contribution in [0.4, 0.5) is 0 Å². The molecule has 0 bridgehead atoms. The minimum atomic E-state index is -0.236. The molecule has 4 saturated carbocycles. The van der Waals surface area contributed by atoms with Crippen molar-refractivity contribution >= 4 is 21.9 Å². The minimum Gasteiger partial charge on any atom is -0.461 e. The van der Waals surface area contributed by atoms with Gasteiger partial charge in [0.1, 0.15) is 10.9 Å². The van der Waals surface area contributed by atoms with E-state index < -0.39 is 0 Å². The van der Waals surface area contributed by atoms with Crippen LogP contribution in [0.1, 0.15) is 120 Å². The van der Waals surface area contributed by atoms with Crippen molar-refractivity contribution in [3.63, 3.8) is 0 Å². The number of ether oxygens (including phenoxy) is 1. The van der Waals surface area contributed by atoms with E-state index in [1.165, 1.54) is 51.4 Å². The number of carbonyl (C=O) groups is 1. The maximum absolute atomic E-state index is 12.5. The first kappa shape index (κ1) is 27.3. The van der Waals surface area contributed by atoms with Gasteiger partial charge in [-0.2, -0.15) is 0 Å². The molecule has 3 heteroatoms. The van der Waals surface area contributed by atoms with Gasteiger partial charge in [0.2, 0.25) is 0 Å². The van der Waals surface area contributed by atoms with Gasteiger partial charge in [0, 0.05) is 5.41 Å². The van der Waals surface area contributed by atoms with E-state index in [1.54, 1.807) is 0 Å². The van der Waals surface area contributed by atoms with Crippen molar-refractivity contribution in [2.45, 2.75) is 131 Å². The van der Waals surface area contributed by atoms with E-state index >= 15 is 0 Å². The Morgan fingerprint density at radius 2 is 1.64 bits per heavy atom. The lowest BCUT2D eigenvalue weighted by Crippen LogP contribution is -2.65. The zero-order chi connectivity index (χ0) is 26.5. The molecule has 5 aliphatic carbocycles. The Morgan fingerprint density at radius 1 is 0.944 bits per heavy atom. The summed E-state index contributed by atoms with van der Waals surface area (Å²) in [5.74, 6) is 3.61. The summed E-state index contributed by atoms with van der Waals surface area (Å²) < 4.78 is 6.12. The van der Waals surface area contributed by atoms with Crippen LogP contribution in [0.3, 0.4) is 0 Å². The number of fused-ring (bicyclic) bond motifs is 7. The van der Waals surface area contributed by atoms with Gasteiger partial charge in [-0.05, 0) is 116 Å². The summed E-state index contributed by atoms with van der Waals surface area (Å²) in [4.78, 5) is 12.3. The number of halogens is 1. The molecule has 36 heavy (non-hydrogen) atoms. The minimum absolute atomic E-state index is 0.00916. The van der Waals surface area contributed by atoms with E-state index in [0.29, 0.717) is 33.5 Å². The fourth-order valence-corrected chi connectivity index (χ4v) is 11.4. The lowest BCUT2D eigenvalue weighted by atomic mass is 9.33. The van der Waals surface area contributed by atoms with Crippen molar-refractivity contribution < 1.29 is 9.53 Å². The number of hydrogen-bond acceptors (Lipinski definition) is 2. The topological polar surface area (TPSA) is 26.3 Å². The predicted molar refractivity (Wildman–Crippen MR) is 153 cm³/mol. The van der Waals surface area contributed by atoms with Crippen LogP contribution in [-0.4, -0.2) is 16.9 Å². The highest BCUT2D eigenvalue weighted by Crippen LogP contribution is 2.75. The molecule has 2 nitrogen and oxygen atoms in total. The fraction of sp³-hybridized carbons (Fsp3) is 0.909. The van der Waals surface area contributed by atoms with Crippen molar-refractivity contribution in [3.8, 4) is 0 Å². The molecule has 0 N–H and O–H groups in total. The summed E-state index contributed by atoms with van der Waals surface area (Å²) >= 11 is 3.43. The highest BCUT2D eigenvalue weighted by molar-refractivity contribution is 9.10. The monoisotopic (exact) mass is 560 g/mol. The van der Waals surface area contributed by atoms with Crippen molar-refractivity contribution in [1.82, 2.24) is 0 Å². The molecule has 204 valence electrons. The van der Waals surface area contributed by atoms with Gasteiger partial charge >= 0.3 is 5.97 Å². The molecular weight excluding hydrogens is 508 g/mol. The van der Waals surface area contributed by atoms with E-state index in [0.717, 1.165) is 24.2 Å². The third kappa shape index (κ3) is 3.55. The maximum Gasteiger partial charge on any atom is 0.319 e. The number of rotatable bonds is 2. The molecule has 4 fully saturated rings. The Balaban J connectivity index is 1.50. The number of hydrogen-bond donors (Lipinski definition) is 0. The summed E-state index contributed by atoms with van der Waals surface area (Å²) in [5, 5.41) is 0. The summed E-state index contributed by atoms with van der Waals surface area (Å²) in [7, 11) is 0. The van der Waals surface area contributed by atoms with Crippen LogP contribution < -0.4 is 0 Å². The second-order valence-corrected chi connectivity index (χ2v) is 17.1. The molecule has 5 aliphatic rings. The van der Waals surface area contributed by atoms with Crippen LogP contribution in [0.25, 0.3) is 0 Å². The molecule has 0 heterocycles. The van der Waals surface area contributed by atoms with Crippen LogP contribution in [0.15, 0.2) is 11.6 Å². The molecule has 0 radical (unpaired) electrons. The summed E-state index contributed by atoms with van der Waals surface area (Å²) in [6.07, 6.45) is 14.4. The standard InChI is InChI=1S/C33H53BrO2/c1-20-12-15-30(6)18-19-32(8)23(27(30)21(20)2)10-11-25-31(7)16-14-26(36-28(35)22(3)34)29(4,5)24(31)13-17-33(25,32)9/h10,20-22,24-27H,11-19H2,1-9H3/t20-,21+,22?,24+,25-,26+,27+,30-,31+,32-,33-/m1/s1. The largest absolute Gasteiger partial charge is 0.461 e. The highest BCUT2D eigenvalue weighted by atomic mass is 79.9. The average Bonchev–Trinajstić information content (AvgIpc) is 2.79. The van der Waals surface area contributed by atoms with Crippen LogP contribution in [0, 0.1) is 56.7 Å². The molecule has 0 amide bonds. The number of allylic oxidation sites excluding steroid dienone is 2. The first-order chi connectivity index (χ1) is 16.6. The van der Waals surface area contributed by atoms with Crippen LogP contribution in [-0.2, 0) is 9.53 Å². The van der Waals surface area contributed by atoms with Crippen molar-refractivity contribution in [2.24, 2.45) is 56.7 Å². The van der Waals surface area contributed by atoms with Crippen LogP contribution in [0.5, 0.6) is 0 Å². The normalized spacial score (nSPS) is 52.6. The van der Waals surface area contributed by atoms with Crippen molar-refractivity contribution in [1.29, 1.82) is 0 Å². The molecular formula is C33H53BrO2. The summed E-state index contributed by atoms with van der Waals surface area (Å²) in [6.45, 7) is 22.4. The molecule has 0 saturated heterocycles. The SMILES string of the molecule is CC(Br)C(=O)O[C@H]1CC[C@]2(C)[C@H]3CC=C4[C@@H]5[C@@H](C)[C@H](C)CC[C@]5(C)CC[C@@]4(C)[C@]3(C)CC[C@H]2C1(C)C. The highest BCUT2D eigenvalue weighted by Gasteiger charge is 2.68. The van der Waals surface area contributed by atoms with Gasteiger partial charge in [0.15, 0.2) is 0 Å². The van der Waals surface area contributed by atoms with E-state index in [2.05, 4.69) is 77.4 Å². The number of carbonyl (C=O) groups excluding carboxylic acids is 1. The van der Waals surface area contributed by atoms with Gasteiger partial charge in [0.25, 0.3) is 0 Å². The number of alkyl halides is 1. The van der Waals surface area contributed by atoms with Gasteiger partial charge < -0.3 is 4.74 Å². The Labute approximate surface area is 230 Å². The first-order valence-electron chi connectivity index (χ1n) is 15.2. The fourth-order valence-electron chi connectivity index (χ4n) is 11.3. The van der Waals surface area contributed by atoms with E-state index in [9.17, 15) is 4.79 Å². The molecule has 0 aliphatic heterocycles. The average molecular weight is 562 g/mol. The quantitative estimate of drug-likeness (QED) is 0.191. The lowest BCUT2D eigenvalue weighted by molar-refractivity contribution is -0.212. The van der Waals surface area contributed by atoms with E-state index in [-0.39, 0.29) is 22.3 Å². The van der Waals surface area contributed by atoms with Crippen molar-refractivity contribution in [2.75, 3.05) is 0 Å². The third-order valence-electron chi connectivity index (χ3n) is 13.9. The molecule has 5 rings (SSSR count). The molecule has 0 aromatic carbocycles. The van der Waals surface area contributed by atoms with E-state index in [1.807, 2.05) is 12.5 Å². The van der Waals surface area contributed by atoms with Gasteiger partial charge in [-0.15, -0.1) is 0 Å². The first-order valence-corrected chi connectivity index (χ1v) is 16.1. The van der Waals surface area contributed by atoms with Gasteiger partial charge in [-0.25, -0.2) is 0 Å². The zero-order valence-corrected chi connectivity index (χ0v) is 26.3. The second kappa shape index (κ2) is 8.59. The maximum atomic E-state index is 12.5. The Hall–Kier alpha value is -0.310. The van der Waals surface area contributed by atoms with Gasteiger partial charge in [0.05, 0.1) is 0 Å². The predicted octanol–water partition coefficient (Wildman–Crippen LogP) is 9.36. The Kier molecular flexibility index (Phi) is 6.51. The van der Waals surface area contributed by atoms with Gasteiger partial charge in [-0.1, -0.05) is 83.0 Å². The Bertz CT molecular complexity index is 936. The second-order valence-electron chi connectivity index (χ2n) is 15.7. The Morgan fingerprint density at radius 3 is 2.31 bits per heavy atom. The smallest absolute Gasteiger partial charge is 0.319 e. The molecule has 0 spiro atoms. The van der Waals surface area contributed by atoms with Crippen molar-refractivity contribution in [3.05, 3.63) is 11.6 Å². The van der Waals surface area contributed by atoms with Gasteiger partial charge in [-0.3, -0.25) is 4.79 Å². The summed E-state index contributed by atoms with van der Waals surface area (Å²) in [5.41, 5.74) is 3.35. The van der Waals surface area contributed by atoms with Crippen LogP contribution >= 0.6 is 15.9 Å². The molecule has 11 atom stereocenters. The molecule has 1 unspecified atom stereocenters. The van der Waals surface area contributed by atoms with E-state index in [4.69, 9.17) is 4.74 Å². The number of esters is 1. The summed E-state index contributed by atoms with van der Waals surface area (Å²) in [6, 6.07) is 0. The molecule has 0 aromatic heterocycles. The molecule has 0 aromatic rings. The zero-order valence-electron chi connectivity index (χ0n) is 24.7.